The molecule has 0 spiro atoms. The Morgan fingerprint density at radius 2 is 1.33 bits per heavy atom. The van der Waals surface area contributed by atoms with Crippen molar-refractivity contribution in [3.63, 3.8) is 0 Å². The fraction of sp³-hybridized carbons (Fsp3) is 0.400. The van der Waals surface area contributed by atoms with Crippen LogP contribution >= 0.6 is 0 Å². The Kier molecular flexibility index (Phi) is 9.32. The van der Waals surface area contributed by atoms with Crippen LogP contribution in [0.15, 0.2) is 57.7 Å². The number of tetrazole rings is 1. The summed E-state index contributed by atoms with van der Waals surface area (Å²) in [5.74, 6) is -1.96. The average Bonchev–Trinajstić information content (AvgIpc) is 3.69. The van der Waals surface area contributed by atoms with E-state index in [0.717, 1.165) is 34.3 Å². The molecule has 0 saturated carbocycles. The van der Waals surface area contributed by atoms with Crippen LogP contribution in [0.2, 0.25) is 0 Å². The van der Waals surface area contributed by atoms with E-state index < -0.39 is 46.8 Å². The molecule has 6 rings (SSSR count). The molecule has 20 heteroatoms. The van der Waals surface area contributed by atoms with Crippen LogP contribution in [0.4, 0.5) is 37.2 Å². The fourth-order valence-electron chi connectivity index (χ4n) is 4.45. The van der Waals surface area contributed by atoms with Crippen LogP contribution in [0, 0.1) is 11.6 Å². The number of hydrogen-bond donors (Lipinski definition) is 0. The number of urea groups is 1. The number of para-hydroxylation sites is 2. The molecule has 2 aromatic carbocycles. The summed E-state index contributed by atoms with van der Waals surface area (Å²) >= 11 is 0. The van der Waals surface area contributed by atoms with Crippen molar-refractivity contribution in [1.29, 1.82) is 0 Å². The Balaban J connectivity index is 0.000000178. The van der Waals surface area contributed by atoms with Gasteiger partial charge in [0.05, 0.1) is 37.7 Å². The first-order valence-corrected chi connectivity index (χ1v) is 13.4. The van der Waals surface area contributed by atoms with Gasteiger partial charge in [-0.2, -0.15) is 22.9 Å². The highest BCUT2D eigenvalue weighted by Crippen LogP contribution is 2.37. The number of ether oxygens (including phenoxy) is 2. The lowest BCUT2D eigenvalue weighted by molar-refractivity contribution is -0.137. The van der Waals surface area contributed by atoms with Gasteiger partial charge in [-0.25, -0.2) is 28.2 Å². The maximum absolute atomic E-state index is 13.7. The molecule has 15 nitrogen and oxygen atoms in total. The summed E-state index contributed by atoms with van der Waals surface area (Å²) in [6.45, 7) is 2.82. The molecule has 0 bridgehead atoms. The quantitative estimate of drug-likeness (QED) is 0.307. The number of morpholine rings is 2. The number of amides is 3. The fourth-order valence-corrected chi connectivity index (χ4v) is 4.45. The van der Waals surface area contributed by atoms with Gasteiger partial charge in [-0.1, -0.05) is 18.2 Å². The zero-order valence-corrected chi connectivity index (χ0v) is 23.3. The lowest BCUT2D eigenvalue weighted by Crippen LogP contribution is -2.47. The third-order valence-corrected chi connectivity index (χ3v) is 6.71. The van der Waals surface area contributed by atoms with E-state index in [1.54, 1.807) is 0 Å². The van der Waals surface area contributed by atoms with Gasteiger partial charge >= 0.3 is 23.9 Å². The summed E-state index contributed by atoms with van der Waals surface area (Å²) in [7, 11) is 0. The molecule has 1 aromatic heterocycles. The lowest BCUT2D eigenvalue weighted by Gasteiger charge is -2.29. The standard InChI is InChI=1S/C13H14F3N5O2.C12H11F2N5O3/c14-13(15,16)10-3-1-2-4-11(10)20-9-21(18-17-20)12(22)19-5-7-23-8-6-19;13-8-2-1-3-9(14)10(8)18-12(21)19(16-15-18)11(20)17-4-6-22-7-5-17/h1-4H,5-9H2;1-3H,4-7H2. The second-order valence-electron chi connectivity index (χ2n) is 9.55. The van der Waals surface area contributed by atoms with E-state index in [2.05, 4.69) is 20.9 Å². The van der Waals surface area contributed by atoms with Crippen molar-refractivity contribution < 1.29 is 41.0 Å². The van der Waals surface area contributed by atoms with Crippen molar-refractivity contribution in [3.8, 4) is 5.69 Å². The van der Waals surface area contributed by atoms with E-state index in [4.69, 9.17) is 9.47 Å². The van der Waals surface area contributed by atoms with Crippen LogP contribution in [0.1, 0.15) is 5.56 Å². The summed E-state index contributed by atoms with van der Waals surface area (Å²) in [5, 5.41) is 16.2. The topological polar surface area (TPSA) is 143 Å². The van der Waals surface area contributed by atoms with E-state index in [1.165, 1.54) is 28.0 Å². The van der Waals surface area contributed by atoms with Crippen LogP contribution in [-0.2, 0) is 15.7 Å². The molecule has 0 unspecified atom stereocenters. The SMILES string of the molecule is O=C(N1CCOCC1)N1CN(c2ccccc2C(F)(F)F)N=N1.O=C(N1CCOCC1)n1nnn(-c2c(F)cccc2F)c1=O. The monoisotopic (exact) mass is 640 g/mol. The summed E-state index contributed by atoms with van der Waals surface area (Å²) < 4.78 is 77.7. The first kappa shape index (κ1) is 31.4. The molecule has 2 fully saturated rings. The molecule has 240 valence electrons. The number of carbonyl (C=O) groups is 2. The second kappa shape index (κ2) is 13.3. The third kappa shape index (κ3) is 6.90. The molecule has 45 heavy (non-hydrogen) atoms. The maximum Gasteiger partial charge on any atom is 0.418 e. The molecule has 0 aliphatic carbocycles. The molecule has 3 aliphatic heterocycles. The van der Waals surface area contributed by atoms with Gasteiger partial charge in [0.1, 0.15) is 12.4 Å². The van der Waals surface area contributed by atoms with E-state index in [0.29, 0.717) is 62.0 Å². The Morgan fingerprint density at radius 1 is 0.756 bits per heavy atom. The normalized spacial score (nSPS) is 16.9. The van der Waals surface area contributed by atoms with Crippen molar-refractivity contribution in [2.45, 2.75) is 6.18 Å². The predicted molar refractivity (Wildman–Crippen MR) is 142 cm³/mol. The summed E-state index contributed by atoms with van der Waals surface area (Å²) in [4.78, 5) is 39.4. The number of halogens is 5. The van der Waals surface area contributed by atoms with E-state index in [-0.39, 0.29) is 12.4 Å². The van der Waals surface area contributed by atoms with Crippen LogP contribution in [-0.4, -0.2) is 106 Å². The molecule has 0 N–H and O–H groups in total. The van der Waals surface area contributed by atoms with Crippen LogP contribution < -0.4 is 10.7 Å². The minimum atomic E-state index is -4.51. The van der Waals surface area contributed by atoms with E-state index >= 15 is 0 Å². The highest BCUT2D eigenvalue weighted by atomic mass is 19.4. The minimum Gasteiger partial charge on any atom is -0.378 e. The Labute approximate surface area is 250 Å². The van der Waals surface area contributed by atoms with Gasteiger partial charge in [-0.15, -0.1) is 4.68 Å². The van der Waals surface area contributed by atoms with Crippen LogP contribution in [0.25, 0.3) is 5.69 Å². The molecular formula is C25H25F5N10O5. The van der Waals surface area contributed by atoms with Crippen LogP contribution in [0.5, 0.6) is 0 Å². The van der Waals surface area contributed by atoms with Crippen molar-refractivity contribution in [2.75, 3.05) is 64.3 Å². The number of benzene rings is 2. The second-order valence-corrected chi connectivity index (χ2v) is 9.55. The Morgan fingerprint density at radius 3 is 1.93 bits per heavy atom. The number of nitrogens with zero attached hydrogens (tertiary/aromatic N) is 10. The number of anilines is 1. The maximum atomic E-state index is 13.7. The number of aromatic nitrogens is 4. The molecule has 0 atom stereocenters. The highest BCUT2D eigenvalue weighted by molar-refractivity contribution is 5.76. The predicted octanol–water partition coefficient (Wildman–Crippen LogP) is 2.53. The van der Waals surface area contributed by atoms with Gasteiger partial charge in [0.2, 0.25) is 0 Å². The molecule has 4 heterocycles. The highest BCUT2D eigenvalue weighted by Gasteiger charge is 2.37. The van der Waals surface area contributed by atoms with Gasteiger partial charge in [0.15, 0.2) is 11.6 Å². The van der Waals surface area contributed by atoms with E-state index in [9.17, 15) is 36.3 Å². The number of hydrogen-bond acceptors (Lipinski definition) is 10. The molecule has 3 amide bonds. The van der Waals surface area contributed by atoms with Crippen molar-refractivity contribution >= 4 is 17.7 Å². The van der Waals surface area contributed by atoms with Gasteiger partial charge in [-0.05, 0) is 45.1 Å². The van der Waals surface area contributed by atoms with Crippen LogP contribution in [0.3, 0.4) is 0 Å². The number of rotatable bonds is 2. The van der Waals surface area contributed by atoms with Crippen molar-refractivity contribution in [3.05, 3.63) is 70.1 Å². The zero-order chi connectivity index (χ0) is 32.1. The zero-order valence-electron chi connectivity index (χ0n) is 23.3. The minimum absolute atomic E-state index is 0.138. The van der Waals surface area contributed by atoms with Gasteiger partial charge < -0.3 is 19.3 Å². The van der Waals surface area contributed by atoms with Gasteiger partial charge in [0, 0.05) is 26.2 Å². The molecule has 3 aliphatic rings. The Bertz CT molecular complexity index is 1600. The van der Waals surface area contributed by atoms with Crippen molar-refractivity contribution in [1.82, 2.24) is 34.6 Å². The molecular weight excluding hydrogens is 615 g/mol. The number of alkyl halides is 3. The first-order valence-electron chi connectivity index (χ1n) is 13.4. The lowest BCUT2D eigenvalue weighted by atomic mass is 10.1. The average molecular weight is 641 g/mol. The van der Waals surface area contributed by atoms with Crippen molar-refractivity contribution in [2.24, 2.45) is 10.4 Å². The Hall–Kier alpha value is -4.98. The van der Waals surface area contributed by atoms with E-state index in [1.807, 2.05) is 0 Å². The summed E-state index contributed by atoms with van der Waals surface area (Å²) in [5.41, 5.74) is -2.67. The smallest absolute Gasteiger partial charge is 0.378 e. The molecule has 0 radical (unpaired) electrons. The molecule has 3 aromatic rings. The first-order chi connectivity index (χ1) is 21.6. The molecule has 2 saturated heterocycles. The number of carbonyl (C=O) groups excluding carboxylic acids is 2. The van der Waals surface area contributed by atoms with Gasteiger partial charge in [-0.3, -0.25) is 0 Å². The summed E-state index contributed by atoms with van der Waals surface area (Å²) in [6, 6.07) is 7.05. The largest absolute Gasteiger partial charge is 0.418 e. The van der Waals surface area contributed by atoms with Gasteiger partial charge in [0.25, 0.3) is 0 Å². The summed E-state index contributed by atoms with van der Waals surface area (Å²) in [6.07, 6.45) is -4.51. The third-order valence-electron chi connectivity index (χ3n) is 6.71.